The summed E-state index contributed by atoms with van der Waals surface area (Å²) < 4.78 is 5.87. The van der Waals surface area contributed by atoms with Gasteiger partial charge in [0.1, 0.15) is 5.75 Å². The number of benzene rings is 2. The number of rotatable bonds is 7. The van der Waals surface area contributed by atoms with Crippen LogP contribution in [0.15, 0.2) is 54.6 Å². The summed E-state index contributed by atoms with van der Waals surface area (Å²) in [6.45, 7) is 0.720. The molecule has 2 aromatic rings. The Kier molecular flexibility index (Phi) is 5.85. The highest BCUT2D eigenvalue weighted by Gasteiger charge is 2.14. The Hall–Kier alpha value is -2.33. The van der Waals surface area contributed by atoms with Crippen molar-refractivity contribution in [1.29, 1.82) is 0 Å². The second-order valence-corrected chi connectivity index (χ2v) is 6.14. The van der Waals surface area contributed by atoms with Gasteiger partial charge in [-0.1, -0.05) is 43.2 Å². The maximum absolute atomic E-state index is 12.2. The molecule has 0 spiro atoms. The van der Waals surface area contributed by atoms with Gasteiger partial charge >= 0.3 is 0 Å². The molecule has 1 aliphatic rings. The topological polar surface area (TPSA) is 50.4 Å². The Morgan fingerprint density at radius 3 is 2.50 bits per heavy atom. The van der Waals surface area contributed by atoms with Crippen molar-refractivity contribution in [2.24, 2.45) is 0 Å². The smallest absolute Gasteiger partial charge is 0.225 e. The summed E-state index contributed by atoms with van der Waals surface area (Å²) in [6, 6.07) is 17.7. The Morgan fingerprint density at radius 1 is 1.00 bits per heavy atom. The lowest BCUT2D eigenvalue weighted by Gasteiger charge is -2.13. The number of nitrogens with one attached hydrogen (secondary N) is 2. The molecule has 1 aliphatic carbocycles. The van der Waals surface area contributed by atoms with E-state index >= 15 is 0 Å². The zero-order valence-electron chi connectivity index (χ0n) is 13.8. The molecule has 0 aromatic heterocycles. The Labute approximate surface area is 143 Å². The van der Waals surface area contributed by atoms with Gasteiger partial charge in [0.15, 0.2) is 5.75 Å². The van der Waals surface area contributed by atoms with Crippen molar-refractivity contribution in [2.45, 2.75) is 38.1 Å². The first-order chi connectivity index (χ1) is 11.8. The predicted octanol–water partition coefficient (Wildman–Crippen LogP) is 4.34. The third-order valence-electron chi connectivity index (χ3n) is 4.27. The maximum atomic E-state index is 12.2. The van der Waals surface area contributed by atoms with Crippen LogP contribution in [0.1, 0.15) is 32.1 Å². The van der Waals surface area contributed by atoms with Crippen molar-refractivity contribution in [3.8, 4) is 11.5 Å². The molecule has 0 unspecified atom stereocenters. The van der Waals surface area contributed by atoms with Crippen LogP contribution < -0.4 is 15.4 Å². The minimum atomic E-state index is 0.00427. The first-order valence-corrected chi connectivity index (χ1v) is 8.66. The van der Waals surface area contributed by atoms with Crippen molar-refractivity contribution in [1.82, 2.24) is 5.32 Å². The Bertz CT molecular complexity index is 652. The van der Waals surface area contributed by atoms with E-state index in [2.05, 4.69) is 10.6 Å². The average Bonchev–Trinajstić information content (AvgIpc) is 3.11. The summed E-state index contributed by atoms with van der Waals surface area (Å²) in [6.07, 6.45) is 5.53. The molecule has 126 valence electrons. The Balaban J connectivity index is 1.53. The number of para-hydroxylation sites is 3. The SMILES string of the molecule is O=C(CCNC1CCCC1)Nc1ccccc1Oc1ccccc1. The number of amides is 1. The van der Waals surface area contributed by atoms with Crippen molar-refractivity contribution < 1.29 is 9.53 Å². The van der Waals surface area contributed by atoms with E-state index in [1.165, 1.54) is 25.7 Å². The molecule has 1 saturated carbocycles. The molecule has 0 heterocycles. The van der Waals surface area contributed by atoms with Gasteiger partial charge in [-0.3, -0.25) is 4.79 Å². The normalized spacial score (nSPS) is 14.5. The van der Waals surface area contributed by atoms with E-state index in [-0.39, 0.29) is 5.91 Å². The molecular formula is C20H24N2O2. The van der Waals surface area contributed by atoms with E-state index in [0.717, 1.165) is 12.3 Å². The number of anilines is 1. The molecule has 24 heavy (non-hydrogen) atoms. The second kappa shape index (κ2) is 8.50. The van der Waals surface area contributed by atoms with Gasteiger partial charge in [-0.15, -0.1) is 0 Å². The van der Waals surface area contributed by atoms with Crippen molar-refractivity contribution >= 4 is 11.6 Å². The fraction of sp³-hybridized carbons (Fsp3) is 0.350. The molecule has 1 amide bonds. The first-order valence-electron chi connectivity index (χ1n) is 8.66. The number of hydrogen-bond donors (Lipinski definition) is 2. The first kappa shape index (κ1) is 16.5. The predicted molar refractivity (Wildman–Crippen MR) is 96.5 cm³/mol. The van der Waals surface area contributed by atoms with Crippen molar-refractivity contribution in [3.63, 3.8) is 0 Å². The largest absolute Gasteiger partial charge is 0.455 e. The average molecular weight is 324 g/mol. The molecule has 4 heteroatoms. The summed E-state index contributed by atoms with van der Waals surface area (Å²) in [5, 5.41) is 6.41. The molecule has 4 nitrogen and oxygen atoms in total. The minimum absolute atomic E-state index is 0.00427. The van der Waals surface area contributed by atoms with E-state index in [4.69, 9.17) is 4.74 Å². The van der Waals surface area contributed by atoms with Crippen LogP contribution in [0.3, 0.4) is 0 Å². The van der Waals surface area contributed by atoms with E-state index < -0.39 is 0 Å². The van der Waals surface area contributed by atoms with Gasteiger partial charge < -0.3 is 15.4 Å². The van der Waals surface area contributed by atoms with Gasteiger partial charge in [0.2, 0.25) is 5.91 Å². The van der Waals surface area contributed by atoms with E-state index in [0.29, 0.717) is 23.9 Å². The number of carbonyl (C=O) groups is 1. The number of ether oxygens (including phenoxy) is 1. The summed E-state index contributed by atoms with van der Waals surface area (Å²) >= 11 is 0. The molecular weight excluding hydrogens is 300 g/mol. The van der Waals surface area contributed by atoms with Gasteiger partial charge in [0.25, 0.3) is 0 Å². The van der Waals surface area contributed by atoms with Crippen LogP contribution in [0.2, 0.25) is 0 Å². The molecule has 3 rings (SSSR count). The zero-order chi connectivity index (χ0) is 16.6. The number of hydrogen-bond acceptors (Lipinski definition) is 3. The standard InChI is InChI=1S/C20H24N2O2/c23-20(14-15-21-16-8-4-5-9-16)22-18-12-6-7-13-19(18)24-17-10-2-1-3-11-17/h1-3,6-7,10-13,16,21H,4-5,8-9,14-15H2,(H,22,23). The van der Waals surface area contributed by atoms with Crippen LogP contribution in [-0.4, -0.2) is 18.5 Å². The molecule has 0 saturated heterocycles. The van der Waals surface area contributed by atoms with Gasteiger partial charge in [-0.2, -0.15) is 0 Å². The van der Waals surface area contributed by atoms with Crippen LogP contribution in [0.5, 0.6) is 11.5 Å². The maximum Gasteiger partial charge on any atom is 0.225 e. The van der Waals surface area contributed by atoms with Gasteiger partial charge in [-0.25, -0.2) is 0 Å². The summed E-state index contributed by atoms with van der Waals surface area (Å²) in [4.78, 5) is 12.2. The van der Waals surface area contributed by atoms with Crippen LogP contribution in [0.25, 0.3) is 0 Å². The summed E-state index contributed by atoms with van der Waals surface area (Å²) in [5.74, 6) is 1.41. The fourth-order valence-corrected chi connectivity index (χ4v) is 3.01. The molecule has 0 radical (unpaired) electrons. The van der Waals surface area contributed by atoms with Crippen LogP contribution in [-0.2, 0) is 4.79 Å². The lowest BCUT2D eigenvalue weighted by Crippen LogP contribution is -2.29. The van der Waals surface area contributed by atoms with Crippen molar-refractivity contribution in [3.05, 3.63) is 54.6 Å². The zero-order valence-corrected chi connectivity index (χ0v) is 13.8. The molecule has 0 aliphatic heterocycles. The van der Waals surface area contributed by atoms with Crippen LogP contribution >= 0.6 is 0 Å². The molecule has 0 bridgehead atoms. The van der Waals surface area contributed by atoms with Crippen LogP contribution in [0.4, 0.5) is 5.69 Å². The van der Waals surface area contributed by atoms with Crippen molar-refractivity contribution in [2.75, 3.05) is 11.9 Å². The molecule has 2 aromatic carbocycles. The second-order valence-electron chi connectivity index (χ2n) is 6.14. The van der Waals surface area contributed by atoms with Gasteiger partial charge in [0.05, 0.1) is 5.69 Å². The highest BCUT2D eigenvalue weighted by atomic mass is 16.5. The highest BCUT2D eigenvalue weighted by molar-refractivity contribution is 5.92. The third-order valence-corrected chi connectivity index (χ3v) is 4.27. The molecule has 0 atom stereocenters. The van der Waals surface area contributed by atoms with E-state index in [1.807, 2.05) is 54.6 Å². The lowest BCUT2D eigenvalue weighted by atomic mass is 10.2. The highest BCUT2D eigenvalue weighted by Crippen LogP contribution is 2.29. The monoisotopic (exact) mass is 324 g/mol. The summed E-state index contributed by atoms with van der Waals surface area (Å²) in [5.41, 5.74) is 0.701. The van der Waals surface area contributed by atoms with E-state index in [9.17, 15) is 4.79 Å². The number of carbonyl (C=O) groups excluding carboxylic acids is 1. The summed E-state index contributed by atoms with van der Waals surface area (Å²) in [7, 11) is 0. The van der Waals surface area contributed by atoms with Gasteiger partial charge in [0, 0.05) is 19.0 Å². The molecule has 2 N–H and O–H groups in total. The molecule has 1 fully saturated rings. The van der Waals surface area contributed by atoms with Gasteiger partial charge in [-0.05, 0) is 37.1 Å². The van der Waals surface area contributed by atoms with Crippen LogP contribution in [0, 0.1) is 0 Å². The van der Waals surface area contributed by atoms with E-state index in [1.54, 1.807) is 0 Å². The third kappa shape index (κ3) is 4.83. The Morgan fingerprint density at radius 2 is 1.71 bits per heavy atom. The lowest BCUT2D eigenvalue weighted by molar-refractivity contribution is -0.116. The minimum Gasteiger partial charge on any atom is -0.455 e. The fourth-order valence-electron chi connectivity index (χ4n) is 3.01. The quantitative estimate of drug-likeness (QED) is 0.796.